The van der Waals surface area contributed by atoms with Crippen molar-refractivity contribution in [1.82, 2.24) is 9.97 Å². The highest BCUT2D eigenvalue weighted by molar-refractivity contribution is 7.98. The summed E-state index contributed by atoms with van der Waals surface area (Å²) in [5.74, 6) is -0.178. The van der Waals surface area contributed by atoms with Crippen molar-refractivity contribution in [2.75, 3.05) is 12.9 Å². The fourth-order valence-electron chi connectivity index (χ4n) is 1.68. The molecule has 2 aromatic heterocycles. The van der Waals surface area contributed by atoms with E-state index in [9.17, 15) is 9.59 Å². The fraction of sp³-hybridized carbons (Fsp3) is 0.286. The van der Waals surface area contributed by atoms with Crippen LogP contribution in [-0.2, 0) is 9.53 Å². The molecular weight excluding hydrogens is 308 g/mol. The molecule has 7 heteroatoms. The Kier molecular flexibility index (Phi) is 5.08. The Balaban J connectivity index is 2.38. The van der Waals surface area contributed by atoms with Crippen molar-refractivity contribution in [3.05, 3.63) is 28.8 Å². The van der Waals surface area contributed by atoms with Gasteiger partial charge in [0.1, 0.15) is 17.2 Å². The van der Waals surface area contributed by atoms with Crippen molar-refractivity contribution in [3.63, 3.8) is 0 Å². The summed E-state index contributed by atoms with van der Waals surface area (Å²) >= 11 is 2.89. The highest BCUT2D eigenvalue weighted by Gasteiger charge is 2.20. The van der Waals surface area contributed by atoms with Gasteiger partial charge in [-0.1, -0.05) is 6.07 Å². The Morgan fingerprint density at radius 3 is 2.71 bits per heavy atom. The van der Waals surface area contributed by atoms with E-state index in [1.54, 1.807) is 6.92 Å². The Morgan fingerprint density at radius 2 is 2.14 bits per heavy atom. The van der Waals surface area contributed by atoms with Crippen LogP contribution in [0.3, 0.4) is 0 Å². The minimum atomic E-state index is -0.565. The van der Waals surface area contributed by atoms with Gasteiger partial charge in [-0.25, -0.2) is 14.8 Å². The predicted octanol–water partition coefficient (Wildman–Crippen LogP) is 2.98. The molecule has 0 fully saturated rings. The summed E-state index contributed by atoms with van der Waals surface area (Å²) in [6.07, 6.45) is 1.84. The Morgan fingerprint density at radius 1 is 1.38 bits per heavy atom. The highest BCUT2D eigenvalue weighted by Crippen LogP contribution is 2.27. The lowest BCUT2D eigenvalue weighted by atomic mass is 10.2. The number of carbonyl (C=O) groups is 2. The Labute approximate surface area is 130 Å². The number of nitrogens with zero attached hydrogens (tertiary/aromatic N) is 2. The van der Waals surface area contributed by atoms with Crippen LogP contribution in [0.4, 0.5) is 0 Å². The molecule has 0 saturated heterocycles. The third-order valence-corrected chi connectivity index (χ3v) is 4.15. The van der Waals surface area contributed by atoms with Gasteiger partial charge in [0.2, 0.25) is 0 Å². The van der Waals surface area contributed by atoms with Gasteiger partial charge in [-0.3, -0.25) is 4.79 Å². The normalized spacial score (nSPS) is 10.4. The minimum absolute atomic E-state index is 0.206. The lowest BCUT2D eigenvalue weighted by Crippen LogP contribution is -2.15. The number of thioether (sulfide) groups is 1. The summed E-state index contributed by atoms with van der Waals surface area (Å²) in [5, 5.41) is 2.50. The SMILES string of the molecule is CSc1nc(-c2cccs2)nc(C)c1C(=O)OCC(C)=O. The molecule has 2 rings (SSSR count). The van der Waals surface area contributed by atoms with Crippen molar-refractivity contribution in [1.29, 1.82) is 0 Å². The van der Waals surface area contributed by atoms with Crippen LogP contribution in [0.2, 0.25) is 0 Å². The number of hydrogen-bond donors (Lipinski definition) is 0. The quantitative estimate of drug-likeness (QED) is 0.479. The van der Waals surface area contributed by atoms with Crippen molar-refractivity contribution in [3.8, 4) is 10.7 Å². The number of esters is 1. The van der Waals surface area contributed by atoms with Crippen LogP contribution < -0.4 is 0 Å². The number of Topliss-reactive ketones (excluding diaryl/α,β-unsaturated/α-hetero) is 1. The molecule has 0 aliphatic rings. The van der Waals surface area contributed by atoms with Crippen molar-refractivity contribution in [2.45, 2.75) is 18.9 Å². The standard InChI is InChI=1S/C14H14N2O3S2/c1-8(17)7-19-14(18)11-9(2)15-12(16-13(11)20-3)10-5-4-6-21-10/h4-6H,7H2,1-3H3. The van der Waals surface area contributed by atoms with E-state index >= 15 is 0 Å². The summed E-state index contributed by atoms with van der Waals surface area (Å²) < 4.78 is 4.96. The van der Waals surface area contributed by atoms with Crippen LogP contribution in [0.5, 0.6) is 0 Å². The molecule has 0 N–H and O–H groups in total. The minimum Gasteiger partial charge on any atom is -0.454 e. The molecule has 0 unspecified atom stereocenters. The summed E-state index contributed by atoms with van der Waals surface area (Å²) in [7, 11) is 0. The van der Waals surface area contributed by atoms with E-state index in [0.29, 0.717) is 22.1 Å². The lowest BCUT2D eigenvalue weighted by molar-refractivity contribution is -0.120. The topological polar surface area (TPSA) is 69.2 Å². The van der Waals surface area contributed by atoms with Gasteiger partial charge < -0.3 is 4.74 Å². The van der Waals surface area contributed by atoms with Crippen LogP contribution in [0.1, 0.15) is 23.0 Å². The summed E-state index contributed by atoms with van der Waals surface area (Å²) in [5.41, 5.74) is 0.871. The van der Waals surface area contributed by atoms with Crippen LogP contribution in [0.25, 0.3) is 10.7 Å². The van der Waals surface area contributed by atoms with E-state index in [1.165, 1.54) is 30.0 Å². The lowest BCUT2D eigenvalue weighted by Gasteiger charge is -2.10. The van der Waals surface area contributed by atoms with Crippen LogP contribution in [0.15, 0.2) is 22.5 Å². The maximum absolute atomic E-state index is 12.1. The molecule has 2 heterocycles. The molecule has 2 aromatic rings. The Hall–Kier alpha value is -1.73. The monoisotopic (exact) mass is 322 g/mol. The van der Waals surface area contributed by atoms with Gasteiger partial charge in [0.05, 0.1) is 10.6 Å². The first kappa shape index (κ1) is 15.7. The number of thiophene rings is 1. The number of hydrogen-bond acceptors (Lipinski definition) is 7. The van der Waals surface area contributed by atoms with Gasteiger partial charge in [-0.2, -0.15) is 0 Å². The van der Waals surface area contributed by atoms with Crippen LogP contribution in [-0.4, -0.2) is 34.6 Å². The van der Waals surface area contributed by atoms with Crippen LogP contribution in [0, 0.1) is 6.92 Å². The van der Waals surface area contributed by atoms with Crippen LogP contribution >= 0.6 is 23.1 Å². The average Bonchev–Trinajstić information content (AvgIpc) is 2.97. The van der Waals surface area contributed by atoms with E-state index < -0.39 is 5.97 Å². The molecule has 5 nitrogen and oxygen atoms in total. The smallest absolute Gasteiger partial charge is 0.343 e. The molecule has 0 spiro atoms. The van der Waals surface area contributed by atoms with E-state index in [-0.39, 0.29) is 12.4 Å². The molecule has 0 radical (unpaired) electrons. The van der Waals surface area contributed by atoms with Gasteiger partial charge >= 0.3 is 5.97 Å². The first-order valence-electron chi connectivity index (χ1n) is 6.16. The van der Waals surface area contributed by atoms with E-state index in [1.807, 2.05) is 23.8 Å². The van der Waals surface area contributed by atoms with Crippen molar-refractivity contribution >= 4 is 34.9 Å². The fourth-order valence-corrected chi connectivity index (χ4v) is 2.96. The van der Waals surface area contributed by atoms with E-state index in [4.69, 9.17) is 4.74 Å². The number of rotatable bonds is 5. The van der Waals surface area contributed by atoms with E-state index in [0.717, 1.165) is 4.88 Å². The number of aryl methyl sites for hydroxylation is 1. The molecule has 110 valence electrons. The number of carbonyl (C=O) groups excluding carboxylic acids is 2. The molecule has 0 aromatic carbocycles. The van der Waals surface area contributed by atoms with Gasteiger partial charge in [0.25, 0.3) is 0 Å². The van der Waals surface area contributed by atoms with Gasteiger partial charge in [-0.05, 0) is 31.5 Å². The second kappa shape index (κ2) is 6.82. The molecule has 0 aliphatic carbocycles. The molecule has 21 heavy (non-hydrogen) atoms. The Bertz CT molecular complexity index is 669. The molecule has 0 atom stereocenters. The summed E-state index contributed by atoms with van der Waals surface area (Å²) in [6.45, 7) is 2.87. The third-order valence-electron chi connectivity index (χ3n) is 2.60. The third kappa shape index (κ3) is 3.68. The zero-order valence-electron chi connectivity index (χ0n) is 11.9. The summed E-state index contributed by atoms with van der Waals surface area (Å²) in [6, 6.07) is 3.85. The van der Waals surface area contributed by atoms with E-state index in [2.05, 4.69) is 9.97 Å². The zero-order chi connectivity index (χ0) is 15.4. The molecule has 0 amide bonds. The molecule has 0 aliphatic heterocycles. The maximum atomic E-state index is 12.1. The highest BCUT2D eigenvalue weighted by atomic mass is 32.2. The van der Waals surface area contributed by atoms with Crippen molar-refractivity contribution in [2.24, 2.45) is 0 Å². The average molecular weight is 322 g/mol. The summed E-state index contributed by atoms with van der Waals surface area (Å²) in [4.78, 5) is 32.7. The largest absolute Gasteiger partial charge is 0.454 e. The zero-order valence-corrected chi connectivity index (χ0v) is 13.5. The van der Waals surface area contributed by atoms with Gasteiger partial charge in [0, 0.05) is 0 Å². The predicted molar refractivity (Wildman–Crippen MR) is 82.8 cm³/mol. The van der Waals surface area contributed by atoms with Gasteiger partial charge in [0.15, 0.2) is 11.6 Å². The molecule has 0 saturated carbocycles. The molecular formula is C14H14N2O3S2. The number of ether oxygens (including phenoxy) is 1. The second-order valence-corrected chi connectivity index (χ2v) is 6.01. The molecule has 0 bridgehead atoms. The number of ketones is 1. The second-order valence-electron chi connectivity index (χ2n) is 4.27. The van der Waals surface area contributed by atoms with Gasteiger partial charge in [-0.15, -0.1) is 23.1 Å². The first-order valence-corrected chi connectivity index (χ1v) is 8.26. The first-order chi connectivity index (χ1) is 10.0. The van der Waals surface area contributed by atoms with Crippen molar-refractivity contribution < 1.29 is 14.3 Å². The number of aromatic nitrogens is 2. The maximum Gasteiger partial charge on any atom is 0.343 e.